The zero-order valence-electron chi connectivity index (χ0n) is 21.2. The van der Waals surface area contributed by atoms with E-state index in [1.165, 1.54) is 13.2 Å². The Labute approximate surface area is 230 Å². The van der Waals surface area contributed by atoms with Gasteiger partial charge in [-0.2, -0.15) is 4.98 Å². The molecule has 5 rings (SSSR count). The normalized spacial score (nSPS) is 11.3. The van der Waals surface area contributed by atoms with Gasteiger partial charge in [0.15, 0.2) is 5.58 Å². The van der Waals surface area contributed by atoms with Gasteiger partial charge in [-0.1, -0.05) is 91.0 Å². The second-order valence-electron chi connectivity index (χ2n) is 8.73. The molecule has 4 aromatic carbocycles. The number of thioether (sulfide) groups is 1. The quantitative estimate of drug-likeness (QED) is 0.162. The van der Waals surface area contributed by atoms with Crippen molar-refractivity contribution in [2.75, 3.05) is 24.3 Å². The minimum atomic E-state index is -1.18. The van der Waals surface area contributed by atoms with Crippen molar-refractivity contribution in [2.45, 2.75) is 4.75 Å². The van der Waals surface area contributed by atoms with Crippen molar-refractivity contribution in [2.24, 2.45) is 0 Å². The first kappa shape index (κ1) is 26.1. The van der Waals surface area contributed by atoms with E-state index in [2.05, 4.69) is 41.4 Å². The van der Waals surface area contributed by atoms with Crippen molar-refractivity contribution < 1.29 is 23.8 Å². The van der Waals surface area contributed by atoms with E-state index in [0.29, 0.717) is 22.4 Å². The van der Waals surface area contributed by atoms with Crippen LogP contribution >= 0.6 is 11.8 Å². The van der Waals surface area contributed by atoms with Gasteiger partial charge in [0.05, 0.1) is 17.4 Å². The molecule has 0 unspecified atom stereocenters. The number of benzene rings is 4. The summed E-state index contributed by atoms with van der Waals surface area (Å²) in [6, 6.07) is 35.3. The lowest BCUT2D eigenvalue weighted by molar-refractivity contribution is 0.0600. The van der Waals surface area contributed by atoms with Crippen molar-refractivity contribution in [1.82, 2.24) is 4.98 Å². The molecule has 1 heterocycles. The Morgan fingerprint density at radius 1 is 0.872 bits per heavy atom. The van der Waals surface area contributed by atoms with Crippen LogP contribution in [0.5, 0.6) is 0 Å². The van der Waals surface area contributed by atoms with Crippen LogP contribution in [0.3, 0.4) is 0 Å². The van der Waals surface area contributed by atoms with Gasteiger partial charge >= 0.3 is 18.1 Å². The van der Waals surface area contributed by atoms with E-state index in [1.54, 1.807) is 23.9 Å². The maximum Gasteiger partial charge on any atom is 0.415 e. The number of esters is 1. The van der Waals surface area contributed by atoms with Gasteiger partial charge in [-0.25, -0.2) is 14.5 Å². The number of carbonyl (C=O) groups excluding carboxylic acids is 1. The number of hydrogen-bond donors (Lipinski definition) is 1. The predicted octanol–water partition coefficient (Wildman–Crippen LogP) is 6.82. The number of hydrogen-bond acceptors (Lipinski definition) is 6. The number of methoxy groups -OCH3 is 1. The van der Waals surface area contributed by atoms with Crippen LogP contribution in [0.4, 0.5) is 10.8 Å². The summed E-state index contributed by atoms with van der Waals surface area (Å²) in [7, 11) is 1.29. The Bertz CT molecular complexity index is 1480. The first-order valence-electron chi connectivity index (χ1n) is 12.3. The molecule has 0 aliphatic carbocycles. The third-order valence-corrected chi connectivity index (χ3v) is 7.96. The number of oxazole rings is 1. The zero-order chi connectivity index (χ0) is 27.2. The molecule has 196 valence electrons. The number of rotatable bonds is 9. The molecule has 1 amide bonds. The number of amides is 1. The first-order valence-corrected chi connectivity index (χ1v) is 13.3. The molecule has 0 spiro atoms. The molecule has 7 nitrogen and oxygen atoms in total. The molecule has 39 heavy (non-hydrogen) atoms. The molecule has 0 saturated heterocycles. The molecule has 0 bridgehead atoms. The molecule has 0 radical (unpaired) electrons. The molecule has 0 aliphatic heterocycles. The SMILES string of the molecule is COC(=O)c1ccc2nc(N(CCSC(c3ccccc3)(c3ccccc3)c3ccccc3)C(=O)O)oc2c1. The number of aromatic nitrogens is 1. The Kier molecular flexibility index (Phi) is 7.65. The van der Waals surface area contributed by atoms with Gasteiger partial charge in [0.1, 0.15) is 5.52 Å². The standard InChI is InChI=1S/C31H26N2O5S/c1-37-28(34)22-17-18-26-27(21-22)38-29(32-26)33(30(35)36)19-20-39-31(23-11-5-2-6-12-23,24-13-7-3-8-14-24)25-15-9-4-10-16-25/h2-18,21H,19-20H2,1H3,(H,35,36). The Morgan fingerprint density at radius 2 is 1.41 bits per heavy atom. The van der Waals surface area contributed by atoms with Gasteiger partial charge in [-0.05, 0) is 34.9 Å². The van der Waals surface area contributed by atoms with E-state index in [1.807, 2.05) is 54.6 Å². The molecular weight excluding hydrogens is 512 g/mol. The van der Waals surface area contributed by atoms with Gasteiger partial charge in [-0.3, -0.25) is 0 Å². The number of fused-ring (bicyclic) bond motifs is 1. The van der Waals surface area contributed by atoms with E-state index in [9.17, 15) is 14.7 Å². The van der Waals surface area contributed by atoms with Crippen molar-refractivity contribution >= 4 is 40.9 Å². The summed E-state index contributed by atoms with van der Waals surface area (Å²) in [6.07, 6.45) is -1.18. The lowest BCUT2D eigenvalue weighted by Gasteiger charge is -2.36. The average Bonchev–Trinajstić information content (AvgIpc) is 3.41. The number of carbonyl (C=O) groups is 2. The number of anilines is 1. The van der Waals surface area contributed by atoms with Crippen molar-refractivity contribution in [1.29, 1.82) is 0 Å². The zero-order valence-corrected chi connectivity index (χ0v) is 22.0. The summed E-state index contributed by atoms with van der Waals surface area (Å²) in [4.78, 5) is 29.7. The fourth-order valence-corrected chi connectivity index (χ4v) is 6.09. The van der Waals surface area contributed by atoms with Gasteiger partial charge in [0, 0.05) is 12.3 Å². The maximum atomic E-state index is 12.3. The summed E-state index contributed by atoms with van der Waals surface area (Å²) in [5.41, 5.74) is 4.32. The third-order valence-electron chi connectivity index (χ3n) is 6.43. The van der Waals surface area contributed by atoms with Gasteiger partial charge in [0.2, 0.25) is 0 Å². The number of carboxylic acid groups (broad SMARTS) is 1. The lowest BCUT2D eigenvalue weighted by atomic mass is 9.84. The molecule has 0 fully saturated rings. The van der Waals surface area contributed by atoms with Crippen LogP contribution in [0, 0.1) is 0 Å². The topological polar surface area (TPSA) is 92.9 Å². The Morgan fingerprint density at radius 3 is 1.90 bits per heavy atom. The molecule has 0 atom stereocenters. The highest BCUT2D eigenvalue weighted by atomic mass is 32.2. The second-order valence-corrected chi connectivity index (χ2v) is 10.0. The maximum absolute atomic E-state index is 12.3. The Hall–Kier alpha value is -4.56. The number of ether oxygens (including phenoxy) is 1. The summed E-state index contributed by atoms with van der Waals surface area (Å²) in [6.45, 7) is 0.130. The summed E-state index contributed by atoms with van der Waals surface area (Å²) >= 11 is 1.65. The van der Waals surface area contributed by atoms with Crippen molar-refractivity contribution in [3.8, 4) is 0 Å². The van der Waals surface area contributed by atoms with Gasteiger partial charge in [0.25, 0.3) is 0 Å². The van der Waals surface area contributed by atoms with Crippen LogP contribution in [0.25, 0.3) is 11.1 Å². The molecule has 1 aromatic heterocycles. The smallest absolute Gasteiger partial charge is 0.415 e. The highest BCUT2D eigenvalue weighted by molar-refractivity contribution is 8.00. The molecular formula is C31H26N2O5S. The molecule has 0 aliphatic rings. The van der Waals surface area contributed by atoms with Crippen LogP contribution in [0.1, 0.15) is 27.0 Å². The molecule has 8 heteroatoms. The highest BCUT2D eigenvalue weighted by Crippen LogP contribution is 2.48. The average molecular weight is 539 g/mol. The molecule has 5 aromatic rings. The third kappa shape index (κ3) is 5.24. The van der Waals surface area contributed by atoms with E-state index >= 15 is 0 Å². The summed E-state index contributed by atoms with van der Waals surface area (Å²) in [5.74, 6) is -0.0719. The fourth-order valence-electron chi connectivity index (χ4n) is 4.60. The Balaban J connectivity index is 1.49. The van der Waals surface area contributed by atoms with Crippen molar-refractivity contribution in [3.05, 3.63) is 131 Å². The second kappa shape index (κ2) is 11.4. The van der Waals surface area contributed by atoms with E-state index in [4.69, 9.17) is 9.15 Å². The highest BCUT2D eigenvalue weighted by Gasteiger charge is 2.37. The monoisotopic (exact) mass is 538 g/mol. The van der Waals surface area contributed by atoms with Crippen LogP contribution in [-0.4, -0.2) is 41.6 Å². The largest absolute Gasteiger partial charge is 0.465 e. The molecule has 1 N–H and O–H groups in total. The lowest BCUT2D eigenvalue weighted by Crippen LogP contribution is -2.34. The van der Waals surface area contributed by atoms with Crippen LogP contribution in [-0.2, 0) is 9.48 Å². The van der Waals surface area contributed by atoms with Crippen molar-refractivity contribution in [3.63, 3.8) is 0 Å². The van der Waals surface area contributed by atoms with E-state index in [-0.39, 0.29) is 12.6 Å². The fraction of sp³-hybridized carbons (Fsp3) is 0.129. The van der Waals surface area contributed by atoms with Crippen LogP contribution < -0.4 is 4.90 Å². The summed E-state index contributed by atoms with van der Waals surface area (Å²) < 4.78 is 9.97. The number of nitrogens with zero attached hydrogens (tertiary/aromatic N) is 2. The van der Waals surface area contributed by atoms with Gasteiger partial charge in [-0.15, -0.1) is 11.8 Å². The minimum Gasteiger partial charge on any atom is -0.465 e. The first-order chi connectivity index (χ1) is 19.0. The summed E-state index contributed by atoms with van der Waals surface area (Å²) in [5, 5.41) is 10.1. The molecule has 0 saturated carbocycles. The predicted molar refractivity (Wildman–Crippen MR) is 152 cm³/mol. The van der Waals surface area contributed by atoms with E-state index in [0.717, 1.165) is 21.6 Å². The van der Waals surface area contributed by atoms with Crippen LogP contribution in [0.15, 0.2) is 114 Å². The van der Waals surface area contributed by atoms with Gasteiger partial charge < -0.3 is 14.3 Å². The van der Waals surface area contributed by atoms with Crippen LogP contribution in [0.2, 0.25) is 0 Å². The minimum absolute atomic E-state index is 0.0511. The van der Waals surface area contributed by atoms with E-state index < -0.39 is 16.8 Å².